The van der Waals surface area contributed by atoms with Crippen LogP contribution in [0.3, 0.4) is 0 Å². The van der Waals surface area contributed by atoms with Gasteiger partial charge in [0.1, 0.15) is 6.54 Å². The summed E-state index contributed by atoms with van der Waals surface area (Å²) in [6.45, 7) is 0.245. The van der Waals surface area contributed by atoms with E-state index >= 15 is 0 Å². The predicted octanol–water partition coefficient (Wildman–Crippen LogP) is 1.68. The smallest absolute Gasteiger partial charge is 0.323 e. The van der Waals surface area contributed by atoms with Gasteiger partial charge < -0.3 is 14.7 Å². The number of carboxylic acid groups (broad SMARTS) is 1. The van der Waals surface area contributed by atoms with Crippen LogP contribution in [0, 0.1) is 0 Å². The van der Waals surface area contributed by atoms with Gasteiger partial charge >= 0.3 is 5.97 Å². The Morgan fingerprint density at radius 2 is 2.29 bits per heavy atom. The number of halogens is 1. The van der Waals surface area contributed by atoms with E-state index in [-0.39, 0.29) is 19.0 Å². The lowest BCUT2D eigenvalue weighted by molar-refractivity contribution is -0.137. The third-order valence-electron chi connectivity index (χ3n) is 1.99. The van der Waals surface area contributed by atoms with E-state index in [9.17, 15) is 9.59 Å². The molecule has 0 radical (unpaired) electrons. The highest BCUT2D eigenvalue weighted by atomic mass is 79.9. The van der Waals surface area contributed by atoms with E-state index in [1.165, 1.54) is 23.3 Å². The number of amides is 1. The van der Waals surface area contributed by atoms with Crippen molar-refractivity contribution >= 4 is 39.1 Å². The second-order valence-electron chi connectivity index (χ2n) is 3.25. The number of carbonyl (C=O) groups is 2. The van der Waals surface area contributed by atoms with Crippen LogP contribution in [0.25, 0.3) is 0 Å². The minimum atomic E-state index is -1.04. The Balaban J connectivity index is 2.74. The molecule has 1 aromatic rings. The van der Waals surface area contributed by atoms with Gasteiger partial charge in [-0.2, -0.15) is 0 Å². The summed E-state index contributed by atoms with van der Waals surface area (Å²) >= 11 is 4.64. The molecule has 17 heavy (non-hydrogen) atoms. The predicted molar refractivity (Wildman–Crippen MR) is 67.4 cm³/mol. The van der Waals surface area contributed by atoms with Gasteiger partial charge in [0.2, 0.25) is 0 Å². The largest absolute Gasteiger partial charge is 0.480 e. The molecule has 7 heteroatoms. The first-order valence-electron chi connectivity index (χ1n) is 4.78. The second kappa shape index (κ2) is 6.73. The molecule has 1 rings (SSSR count). The molecule has 94 valence electrons. The van der Waals surface area contributed by atoms with Crippen LogP contribution < -0.4 is 0 Å². The molecule has 0 spiro atoms. The monoisotopic (exact) mass is 321 g/mol. The number of aliphatic carboxylic acids is 1. The summed E-state index contributed by atoms with van der Waals surface area (Å²) in [5.74, 6) is -1.34. The van der Waals surface area contributed by atoms with E-state index in [1.807, 2.05) is 0 Å². The lowest BCUT2D eigenvalue weighted by atomic mass is 10.3. The van der Waals surface area contributed by atoms with Crippen molar-refractivity contribution in [3.05, 3.63) is 20.8 Å². The molecule has 1 amide bonds. The van der Waals surface area contributed by atoms with Gasteiger partial charge in [-0.25, -0.2) is 0 Å². The molecule has 5 nitrogen and oxygen atoms in total. The molecule has 0 unspecified atom stereocenters. The van der Waals surface area contributed by atoms with Crippen molar-refractivity contribution in [2.45, 2.75) is 0 Å². The molecular weight excluding hydrogens is 310 g/mol. The molecule has 1 aromatic heterocycles. The Hall–Kier alpha value is -0.920. The van der Waals surface area contributed by atoms with Crippen LogP contribution in [0.4, 0.5) is 0 Å². The van der Waals surface area contributed by atoms with Crippen LogP contribution in [0.15, 0.2) is 15.2 Å². The van der Waals surface area contributed by atoms with Crippen molar-refractivity contribution in [2.75, 3.05) is 26.8 Å². The number of hydrogen-bond donors (Lipinski definition) is 1. The molecule has 0 bridgehead atoms. The van der Waals surface area contributed by atoms with Gasteiger partial charge in [0.15, 0.2) is 0 Å². The zero-order valence-electron chi connectivity index (χ0n) is 9.18. The number of carboxylic acids is 1. The Labute approximate surface area is 111 Å². The highest BCUT2D eigenvalue weighted by molar-refractivity contribution is 9.11. The third kappa shape index (κ3) is 4.45. The first kappa shape index (κ1) is 14.1. The number of carbonyl (C=O) groups excluding carboxylic acids is 1. The molecule has 0 aliphatic heterocycles. The van der Waals surface area contributed by atoms with E-state index in [1.54, 1.807) is 11.4 Å². The molecule has 0 aliphatic carbocycles. The van der Waals surface area contributed by atoms with Crippen molar-refractivity contribution in [1.82, 2.24) is 4.90 Å². The van der Waals surface area contributed by atoms with Crippen molar-refractivity contribution in [1.29, 1.82) is 0 Å². The highest BCUT2D eigenvalue weighted by Gasteiger charge is 2.19. The summed E-state index contributed by atoms with van der Waals surface area (Å²) in [5, 5.41) is 10.4. The fourth-order valence-electron chi connectivity index (χ4n) is 1.22. The molecule has 1 N–H and O–H groups in total. The number of ether oxygens (including phenoxy) is 1. The quantitative estimate of drug-likeness (QED) is 0.865. The standard InChI is InChI=1S/C10H12BrNO4S/c1-16-3-2-12(5-9(13)14)10(15)7-4-8(11)17-6-7/h4,6H,2-3,5H2,1H3,(H,13,14). The Kier molecular flexibility index (Phi) is 5.60. The Morgan fingerprint density at radius 3 is 2.76 bits per heavy atom. The van der Waals surface area contributed by atoms with Gasteiger partial charge in [0.25, 0.3) is 5.91 Å². The van der Waals surface area contributed by atoms with Gasteiger partial charge in [0, 0.05) is 19.0 Å². The van der Waals surface area contributed by atoms with Gasteiger partial charge in [-0.05, 0) is 22.0 Å². The average Bonchev–Trinajstić information content (AvgIpc) is 2.69. The maximum atomic E-state index is 12.0. The Morgan fingerprint density at radius 1 is 1.59 bits per heavy atom. The molecule has 0 atom stereocenters. The van der Waals surface area contributed by atoms with E-state index in [2.05, 4.69) is 15.9 Å². The van der Waals surface area contributed by atoms with E-state index in [0.717, 1.165) is 3.79 Å². The molecule has 0 aromatic carbocycles. The lowest BCUT2D eigenvalue weighted by Gasteiger charge is -2.19. The summed E-state index contributed by atoms with van der Waals surface area (Å²) < 4.78 is 5.69. The van der Waals surface area contributed by atoms with Gasteiger partial charge in [0.05, 0.1) is 16.0 Å². The van der Waals surface area contributed by atoms with Crippen LogP contribution in [-0.4, -0.2) is 48.7 Å². The van der Waals surface area contributed by atoms with E-state index < -0.39 is 5.97 Å². The number of rotatable bonds is 6. The number of nitrogens with zero attached hydrogens (tertiary/aromatic N) is 1. The summed E-state index contributed by atoms with van der Waals surface area (Å²) in [6.07, 6.45) is 0. The van der Waals surface area contributed by atoms with E-state index in [0.29, 0.717) is 12.2 Å². The lowest BCUT2D eigenvalue weighted by Crippen LogP contribution is -2.37. The van der Waals surface area contributed by atoms with Crippen LogP contribution in [-0.2, 0) is 9.53 Å². The molecule has 0 saturated heterocycles. The van der Waals surface area contributed by atoms with Crippen molar-refractivity contribution < 1.29 is 19.4 Å². The summed E-state index contributed by atoms with van der Waals surface area (Å²) in [4.78, 5) is 23.9. The molecule has 1 heterocycles. The first-order valence-corrected chi connectivity index (χ1v) is 6.46. The van der Waals surface area contributed by atoms with Crippen LogP contribution in [0.1, 0.15) is 10.4 Å². The number of methoxy groups -OCH3 is 1. The van der Waals surface area contributed by atoms with Gasteiger partial charge in [-0.15, -0.1) is 11.3 Å². The topological polar surface area (TPSA) is 66.8 Å². The third-order valence-corrected chi connectivity index (χ3v) is 3.50. The van der Waals surface area contributed by atoms with Crippen molar-refractivity contribution in [3.63, 3.8) is 0 Å². The van der Waals surface area contributed by atoms with Gasteiger partial charge in [-0.3, -0.25) is 9.59 Å². The van der Waals surface area contributed by atoms with E-state index in [4.69, 9.17) is 9.84 Å². The summed E-state index contributed by atoms with van der Waals surface area (Å²) in [5.41, 5.74) is 0.485. The fraction of sp³-hybridized carbons (Fsp3) is 0.400. The maximum absolute atomic E-state index is 12.0. The summed E-state index contributed by atoms with van der Waals surface area (Å²) in [7, 11) is 1.50. The molecule has 0 aliphatic rings. The minimum Gasteiger partial charge on any atom is -0.480 e. The Bertz CT molecular complexity index is 407. The van der Waals surface area contributed by atoms with Crippen molar-refractivity contribution in [2.24, 2.45) is 0 Å². The fourth-order valence-corrected chi connectivity index (χ4v) is 2.35. The van der Waals surface area contributed by atoms with Crippen molar-refractivity contribution in [3.8, 4) is 0 Å². The molecular formula is C10H12BrNO4S. The average molecular weight is 322 g/mol. The minimum absolute atomic E-state index is 0.259. The first-order chi connectivity index (χ1) is 8.04. The molecule has 0 saturated carbocycles. The maximum Gasteiger partial charge on any atom is 0.323 e. The number of thiophene rings is 1. The SMILES string of the molecule is COCCN(CC(=O)O)C(=O)c1csc(Br)c1. The zero-order valence-corrected chi connectivity index (χ0v) is 11.6. The normalized spacial score (nSPS) is 10.2. The van der Waals surface area contributed by atoms with Crippen LogP contribution >= 0.6 is 27.3 Å². The second-order valence-corrected chi connectivity index (χ2v) is 5.54. The van der Waals surface area contributed by atoms with Crippen LogP contribution in [0.2, 0.25) is 0 Å². The zero-order chi connectivity index (χ0) is 12.8. The van der Waals surface area contributed by atoms with Gasteiger partial charge in [-0.1, -0.05) is 0 Å². The van der Waals surface area contributed by atoms with Crippen LogP contribution in [0.5, 0.6) is 0 Å². The molecule has 0 fully saturated rings. The highest BCUT2D eigenvalue weighted by Crippen LogP contribution is 2.21. The number of hydrogen-bond acceptors (Lipinski definition) is 4. The summed E-state index contributed by atoms with van der Waals surface area (Å²) in [6, 6.07) is 1.68.